The zero-order valence-corrected chi connectivity index (χ0v) is 12.1. The molecule has 0 aliphatic rings. The van der Waals surface area contributed by atoms with Crippen LogP contribution in [0.1, 0.15) is 39.2 Å². The molecule has 0 aromatic heterocycles. The number of nitrogens with zero attached hydrogens (tertiary/aromatic N) is 1. The molecule has 1 aromatic rings. The highest BCUT2D eigenvalue weighted by molar-refractivity contribution is 9.10. The standard InChI is InChI=1S/C14H18BrNO/c1-4-11(3)14(15,5-2)17-13-9-7-6-8-12(13)10-16/h6-9,11H,4-5H2,1-3H3. The second kappa shape index (κ2) is 6.07. The van der Waals surface area contributed by atoms with Crippen LogP contribution in [0.4, 0.5) is 0 Å². The predicted molar refractivity (Wildman–Crippen MR) is 73.2 cm³/mol. The van der Waals surface area contributed by atoms with E-state index in [9.17, 15) is 0 Å². The molecule has 2 unspecified atom stereocenters. The van der Waals surface area contributed by atoms with E-state index in [0.717, 1.165) is 12.8 Å². The number of hydrogen-bond acceptors (Lipinski definition) is 2. The molecule has 0 fully saturated rings. The quantitative estimate of drug-likeness (QED) is 0.750. The predicted octanol–water partition coefficient (Wildman–Crippen LogP) is 4.48. The molecule has 0 N–H and O–H groups in total. The third kappa shape index (κ3) is 3.23. The van der Waals surface area contributed by atoms with Crippen LogP contribution in [0, 0.1) is 17.2 Å². The van der Waals surface area contributed by atoms with E-state index in [0.29, 0.717) is 17.2 Å². The molecule has 92 valence electrons. The van der Waals surface area contributed by atoms with Crippen LogP contribution in [0.15, 0.2) is 24.3 Å². The van der Waals surface area contributed by atoms with Gasteiger partial charge in [-0.15, -0.1) is 0 Å². The monoisotopic (exact) mass is 295 g/mol. The summed E-state index contributed by atoms with van der Waals surface area (Å²) in [7, 11) is 0. The van der Waals surface area contributed by atoms with Crippen molar-refractivity contribution < 1.29 is 4.74 Å². The summed E-state index contributed by atoms with van der Waals surface area (Å²) in [5.74, 6) is 1.02. The molecule has 0 saturated heterocycles. The van der Waals surface area contributed by atoms with Crippen LogP contribution >= 0.6 is 15.9 Å². The Morgan fingerprint density at radius 3 is 2.59 bits per heavy atom. The molecule has 0 spiro atoms. The Morgan fingerprint density at radius 1 is 1.41 bits per heavy atom. The van der Waals surface area contributed by atoms with Crippen LogP contribution < -0.4 is 4.74 Å². The molecule has 2 nitrogen and oxygen atoms in total. The van der Waals surface area contributed by atoms with Crippen LogP contribution in [0.3, 0.4) is 0 Å². The van der Waals surface area contributed by atoms with Gasteiger partial charge in [0.25, 0.3) is 0 Å². The van der Waals surface area contributed by atoms with Crippen LogP contribution in [0.5, 0.6) is 5.75 Å². The third-order valence-electron chi connectivity index (χ3n) is 3.12. The fraction of sp³-hybridized carbons (Fsp3) is 0.500. The first kappa shape index (κ1) is 14.1. The largest absolute Gasteiger partial charge is 0.474 e. The SMILES string of the molecule is CCC(C)C(Br)(CC)Oc1ccccc1C#N. The number of rotatable bonds is 5. The van der Waals surface area contributed by atoms with E-state index in [2.05, 4.69) is 42.8 Å². The minimum absolute atomic E-state index is 0.374. The summed E-state index contributed by atoms with van der Waals surface area (Å²) in [5, 5.41) is 9.04. The van der Waals surface area contributed by atoms with Gasteiger partial charge in [0.2, 0.25) is 0 Å². The molecule has 1 rings (SSSR count). The molecule has 1 aromatic carbocycles. The van der Waals surface area contributed by atoms with Gasteiger partial charge in [0, 0.05) is 5.92 Å². The second-order valence-electron chi connectivity index (χ2n) is 4.16. The third-order valence-corrected chi connectivity index (χ3v) is 4.62. The highest BCUT2D eigenvalue weighted by atomic mass is 79.9. The molecular weight excluding hydrogens is 278 g/mol. The molecule has 2 atom stereocenters. The number of benzene rings is 1. The second-order valence-corrected chi connectivity index (χ2v) is 5.50. The Morgan fingerprint density at radius 2 is 2.06 bits per heavy atom. The zero-order valence-electron chi connectivity index (χ0n) is 10.5. The van der Waals surface area contributed by atoms with E-state index in [1.54, 1.807) is 6.07 Å². The van der Waals surface area contributed by atoms with Crippen molar-refractivity contribution in [3.8, 4) is 11.8 Å². The number of hydrogen-bond donors (Lipinski definition) is 0. The lowest BCUT2D eigenvalue weighted by Crippen LogP contribution is -2.35. The average Bonchev–Trinajstić information content (AvgIpc) is 2.38. The minimum Gasteiger partial charge on any atom is -0.474 e. The van der Waals surface area contributed by atoms with E-state index in [-0.39, 0.29) is 0 Å². The van der Waals surface area contributed by atoms with Gasteiger partial charge in [-0.25, -0.2) is 0 Å². The first-order valence-corrected chi connectivity index (χ1v) is 6.73. The lowest BCUT2D eigenvalue weighted by Gasteiger charge is -2.33. The smallest absolute Gasteiger partial charge is 0.165 e. The Bertz CT molecular complexity index is 413. The van der Waals surface area contributed by atoms with E-state index in [1.807, 2.05) is 18.2 Å². The van der Waals surface area contributed by atoms with E-state index in [4.69, 9.17) is 10.00 Å². The summed E-state index contributed by atoms with van der Waals surface area (Å²) < 4.78 is 5.63. The maximum absolute atomic E-state index is 9.04. The van der Waals surface area contributed by atoms with Crippen LogP contribution in [0.2, 0.25) is 0 Å². The van der Waals surface area contributed by atoms with Gasteiger partial charge in [0.05, 0.1) is 5.56 Å². The molecule has 0 saturated carbocycles. The van der Waals surface area contributed by atoms with Gasteiger partial charge in [-0.1, -0.05) is 32.9 Å². The van der Waals surface area contributed by atoms with Crippen molar-refractivity contribution in [1.82, 2.24) is 0 Å². The Labute approximate surface area is 112 Å². The van der Waals surface area contributed by atoms with Gasteiger partial charge in [-0.05, 0) is 40.9 Å². The number of halogens is 1. The van der Waals surface area contributed by atoms with E-state index in [1.165, 1.54) is 0 Å². The average molecular weight is 296 g/mol. The van der Waals surface area contributed by atoms with Gasteiger partial charge >= 0.3 is 0 Å². The molecule has 17 heavy (non-hydrogen) atoms. The maximum atomic E-state index is 9.04. The molecule has 0 amide bonds. The Hall–Kier alpha value is -1.01. The van der Waals surface area contributed by atoms with Gasteiger partial charge in [-0.3, -0.25) is 0 Å². The molecule has 3 heteroatoms. The van der Waals surface area contributed by atoms with Crippen molar-refractivity contribution in [2.75, 3.05) is 0 Å². The van der Waals surface area contributed by atoms with Crippen molar-refractivity contribution in [3.63, 3.8) is 0 Å². The van der Waals surface area contributed by atoms with E-state index >= 15 is 0 Å². The summed E-state index contributed by atoms with van der Waals surface area (Å²) in [6.45, 7) is 6.36. The molecule has 0 heterocycles. The Balaban J connectivity index is 2.99. The molecule has 0 bridgehead atoms. The number of nitriles is 1. The van der Waals surface area contributed by atoms with Gasteiger partial charge in [0.15, 0.2) is 4.51 Å². The lowest BCUT2D eigenvalue weighted by molar-refractivity contribution is 0.107. The summed E-state index contributed by atoms with van der Waals surface area (Å²) in [6.07, 6.45) is 1.87. The molecule has 0 aliphatic heterocycles. The normalized spacial score (nSPS) is 15.7. The molecular formula is C14H18BrNO. The van der Waals surface area contributed by atoms with Crippen molar-refractivity contribution in [2.45, 2.75) is 38.1 Å². The van der Waals surface area contributed by atoms with Crippen LogP contribution in [0.25, 0.3) is 0 Å². The Kier molecular flexibility index (Phi) is 5.02. The van der Waals surface area contributed by atoms with Crippen molar-refractivity contribution >= 4 is 15.9 Å². The molecule has 0 aliphatic carbocycles. The zero-order chi connectivity index (χ0) is 12.9. The summed E-state index contributed by atoms with van der Waals surface area (Å²) in [5.41, 5.74) is 0.577. The van der Waals surface area contributed by atoms with Gasteiger partial charge in [0.1, 0.15) is 11.8 Å². The summed E-state index contributed by atoms with van der Waals surface area (Å²) in [4.78, 5) is 0. The fourth-order valence-corrected chi connectivity index (χ4v) is 2.15. The first-order valence-electron chi connectivity index (χ1n) is 5.94. The van der Waals surface area contributed by atoms with Gasteiger partial charge < -0.3 is 4.74 Å². The topological polar surface area (TPSA) is 33.0 Å². The highest BCUT2D eigenvalue weighted by Crippen LogP contribution is 2.36. The molecule has 0 radical (unpaired) electrons. The summed E-state index contributed by atoms with van der Waals surface area (Å²) in [6, 6.07) is 9.49. The summed E-state index contributed by atoms with van der Waals surface area (Å²) >= 11 is 3.68. The van der Waals surface area contributed by atoms with Crippen LogP contribution in [-0.2, 0) is 0 Å². The van der Waals surface area contributed by atoms with E-state index < -0.39 is 4.51 Å². The number of para-hydroxylation sites is 1. The minimum atomic E-state index is -0.394. The fourth-order valence-electron chi connectivity index (χ4n) is 1.66. The van der Waals surface area contributed by atoms with Crippen LogP contribution in [-0.4, -0.2) is 4.51 Å². The van der Waals surface area contributed by atoms with Crippen molar-refractivity contribution in [1.29, 1.82) is 5.26 Å². The van der Waals surface area contributed by atoms with Gasteiger partial charge in [-0.2, -0.15) is 5.26 Å². The number of ether oxygens (including phenoxy) is 1. The first-order chi connectivity index (χ1) is 8.07. The highest BCUT2D eigenvalue weighted by Gasteiger charge is 2.33. The number of alkyl halides is 1. The van der Waals surface area contributed by atoms with Crippen molar-refractivity contribution in [2.24, 2.45) is 5.92 Å². The lowest BCUT2D eigenvalue weighted by atomic mass is 9.99. The maximum Gasteiger partial charge on any atom is 0.165 e. The van der Waals surface area contributed by atoms with Crippen molar-refractivity contribution in [3.05, 3.63) is 29.8 Å².